The minimum absolute atomic E-state index is 0.0435. The van der Waals surface area contributed by atoms with Gasteiger partial charge >= 0.3 is 0 Å². The predicted octanol–water partition coefficient (Wildman–Crippen LogP) is 3.71. The van der Waals surface area contributed by atoms with Crippen molar-refractivity contribution in [1.29, 1.82) is 0 Å². The van der Waals surface area contributed by atoms with E-state index in [-0.39, 0.29) is 34.7 Å². The highest BCUT2D eigenvalue weighted by Crippen LogP contribution is 2.35. The van der Waals surface area contributed by atoms with E-state index in [1.54, 1.807) is 19.1 Å². The third-order valence-corrected chi connectivity index (χ3v) is 5.14. The van der Waals surface area contributed by atoms with E-state index >= 15 is 0 Å². The van der Waals surface area contributed by atoms with Crippen molar-refractivity contribution >= 4 is 22.4 Å². The van der Waals surface area contributed by atoms with Gasteiger partial charge in [0.15, 0.2) is 0 Å². The van der Waals surface area contributed by atoms with E-state index in [1.165, 1.54) is 25.4 Å². The summed E-state index contributed by atoms with van der Waals surface area (Å²) in [5.41, 5.74) is 0.873. The highest BCUT2D eigenvalue weighted by molar-refractivity contribution is 7.17. The number of aliphatic hydroxyl groups is 1. The predicted molar refractivity (Wildman–Crippen MR) is 115 cm³/mol. The van der Waals surface area contributed by atoms with Gasteiger partial charge in [-0.1, -0.05) is 25.0 Å². The number of nitrogens with zero attached hydrogens (tertiary/aromatic N) is 3. The molecule has 3 aromatic rings. The molecule has 164 valence electrons. The molecule has 10 heteroatoms. The Morgan fingerprint density at radius 3 is 2.81 bits per heavy atom. The number of rotatable bonds is 8. The molecule has 0 aliphatic carbocycles. The second kappa shape index (κ2) is 9.36. The smallest absolute Gasteiger partial charge is 0.295 e. The lowest BCUT2D eigenvalue weighted by Gasteiger charge is -2.20. The molecule has 0 spiro atoms. The number of hydrogen-bond donors (Lipinski definition) is 2. The number of nitrogens with one attached hydrogen (secondary N) is 1. The summed E-state index contributed by atoms with van der Waals surface area (Å²) in [6.45, 7) is 5.64. The van der Waals surface area contributed by atoms with Gasteiger partial charge < -0.3 is 14.6 Å². The zero-order valence-electron chi connectivity index (χ0n) is 17.6. The van der Waals surface area contributed by atoms with Crippen LogP contribution in [0.3, 0.4) is 0 Å². The van der Waals surface area contributed by atoms with E-state index in [1.807, 2.05) is 13.8 Å². The first-order valence-electron chi connectivity index (χ1n) is 9.42. The van der Waals surface area contributed by atoms with Gasteiger partial charge in [0, 0.05) is 22.9 Å². The van der Waals surface area contributed by atoms with Crippen LogP contribution in [0.1, 0.15) is 29.9 Å². The molecule has 8 nitrogen and oxygen atoms in total. The fourth-order valence-corrected chi connectivity index (χ4v) is 3.26. The maximum Gasteiger partial charge on any atom is 0.295 e. The quantitative estimate of drug-likeness (QED) is 0.543. The van der Waals surface area contributed by atoms with Crippen LogP contribution in [0.15, 0.2) is 30.5 Å². The Morgan fingerprint density at radius 2 is 2.10 bits per heavy atom. The number of aromatic nitrogens is 3. The van der Waals surface area contributed by atoms with Crippen LogP contribution >= 0.6 is 11.3 Å². The third-order valence-electron chi connectivity index (χ3n) is 4.39. The second-order valence-electron chi connectivity index (χ2n) is 7.63. The third kappa shape index (κ3) is 5.33. The molecule has 3 rings (SSSR count). The van der Waals surface area contributed by atoms with Gasteiger partial charge in [0.2, 0.25) is 5.13 Å². The Labute approximate surface area is 183 Å². The van der Waals surface area contributed by atoms with Crippen LogP contribution in [0.25, 0.3) is 11.1 Å². The Hall–Kier alpha value is -3.11. The molecule has 0 fully saturated rings. The van der Waals surface area contributed by atoms with Crippen LogP contribution < -0.4 is 14.8 Å². The number of ether oxygens (including phenoxy) is 2. The van der Waals surface area contributed by atoms with Crippen LogP contribution in [-0.2, 0) is 0 Å². The SMILES string of the molecule is COc1cccc(F)c1-c1cc(C)ncc1C(=O)Nc1nnc(OCC(C)(C)CO)s1. The van der Waals surface area contributed by atoms with Gasteiger partial charge in [0.1, 0.15) is 11.6 Å². The minimum Gasteiger partial charge on any atom is -0.496 e. The molecule has 0 aliphatic rings. The molecule has 0 atom stereocenters. The molecule has 1 amide bonds. The summed E-state index contributed by atoms with van der Waals surface area (Å²) < 4.78 is 25.5. The van der Waals surface area contributed by atoms with Crippen LogP contribution in [0.5, 0.6) is 10.9 Å². The summed E-state index contributed by atoms with van der Waals surface area (Å²) in [7, 11) is 1.44. The standard InChI is InChI=1S/C21H23FN4O4S/c1-12-8-13(17-15(22)6-5-7-16(17)29-4)14(9-23-12)18(28)24-19-25-26-20(31-19)30-11-21(2,3)10-27/h5-9,27H,10-11H2,1-4H3,(H,24,25,28). The Balaban J connectivity index is 1.86. The van der Waals surface area contributed by atoms with Gasteiger partial charge in [-0.25, -0.2) is 4.39 Å². The van der Waals surface area contributed by atoms with Crippen molar-refractivity contribution in [3.8, 4) is 22.1 Å². The van der Waals surface area contributed by atoms with Crippen molar-refractivity contribution in [3.05, 3.63) is 47.5 Å². The average Bonchev–Trinajstić information content (AvgIpc) is 3.19. The molecular weight excluding hydrogens is 423 g/mol. The number of methoxy groups -OCH3 is 1. The maximum atomic E-state index is 14.7. The topological polar surface area (TPSA) is 106 Å². The molecule has 0 radical (unpaired) electrons. The van der Waals surface area contributed by atoms with Crippen molar-refractivity contribution in [2.75, 3.05) is 25.6 Å². The van der Waals surface area contributed by atoms with E-state index < -0.39 is 17.1 Å². The lowest BCUT2D eigenvalue weighted by molar-refractivity contribution is 0.0970. The maximum absolute atomic E-state index is 14.7. The number of benzene rings is 1. The fourth-order valence-electron chi connectivity index (χ4n) is 2.67. The van der Waals surface area contributed by atoms with Crippen molar-refractivity contribution in [3.63, 3.8) is 0 Å². The first kappa shape index (κ1) is 22.6. The summed E-state index contributed by atoms with van der Waals surface area (Å²) in [4.78, 5) is 17.1. The number of aryl methyl sites for hydroxylation is 1. The normalized spacial score (nSPS) is 11.3. The van der Waals surface area contributed by atoms with Gasteiger partial charge in [-0.2, -0.15) is 0 Å². The van der Waals surface area contributed by atoms with Gasteiger partial charge in [0.05, 0.1) is 31.5 Å². The van der Waals surface area contributed by atoms with E-state index in [0.29, 0.717) is 17.0 Å². The number of anilines is 1. The number of hydrogen-bond acceptors (Lipinski definition) is 8. The van der Waals surface area contributed by atoms with E-state index in [2.05, 4.69) is 20.5 Å². The Bertz CT molecular complexity index is 1090. The molecule has 2 heterocycles. The molecule has 1 aromatic carbocycles. The zero-order chi connectivity index (χ0) is 22.6. The lowest BCUT2D eigenvalue weighted by Crippen LogP contribution is -2.25. The number of carbonyl (C=O) groups excluding carboxylic acids is 1. The first-order valence-corrected chi connectivity index (χ1v) is 10.2. The monoisotopic (exact) mass is 446 g/mol. The van der Waals surface area contributed by atoms with Crippen molar-refractivity contribution in [2.45, 2.75) is 20.8 Å². The number of carbonyl (C=O) groups is 1. The summed E-state index contributed by atoms with van der Waals surface area (Å²) >= 11 is 1.05. The molecular formula is C21H23FN4O4S. The molecule has 0 unspecified atom stereocenters. The Morgan fingerprint density at radius 1 is 1.32 bits per heavy atom. The largest absolute Gasteiger partial charge is 0.496 e. The second-order valence-corrected chi connectivity index (χ2v) is 8.57. The van der Waals surface area contributed by atoms with Crippen molar-refractivity contribution in [2.24, 2.45) is 5.41 Å². The summed E-state index contributed by atoms with van der Waals surface area (Å²) in [6, 6.07) is 6.09. The van der Waals surface area contributed by atoms with Gasteiger partial charge in [0.25, 0.3) is 11.1 Å². The fraction of sp³-hybridized carbons (Fsp3) is 0.333. The number of halogens is 1. The molecule has 0 aliphatic heterocycles. The van der Waals surface area contributed by atoms with Crippen LogP contribution in [0.4, 0.5) is 9.52 Å². The number of aliphatic hydroxyl groups excluding tert-OH is 1. The van der Waals surface area contributed by atoms with Crippen LogP contribution in [-0.4, -0.2) is 46.5 Å². The number of pyridine rings is 1. The minimum atomic E-state index is -0.522. The summed E-state index contributed by atoms with van der Waals surface area (Å²) in [6.07, 6.45) is 1.38. The van der Waals surface area contributed by atoms with Crippen molar-refractivity contribution < 1.29 is 23.8 Å². The van der Waals surface area contributed by atoms with Crippen molar-refractivity contribution in [1.82, 2.24) is 15.2 Å². The van der Waals surface area contributed by atoms with Crippen LogP contribution in [0, 0.1) is 18.2 Å². The molecule has 2 N–H and O–H groups in total. The first-order chi connectivity index (χ1) is 14.7. The average molecular weight is 447 g/mol. The lowest BCUT2D eigenvalue weighted by atomic mass is 9.97. The highest BCUT2D eigenvalue weighted by Gasteiger charge is 2.22. The van der Waals surface area contributed by atoms with Gasteiger partial charge in [-0.05, 0) is 36.5 Å². The van der Waals surface area contributed by atoms with Gasteiger partial charge in [-0.3, -0.25) is 15.1 Å². The summed E-state index contributed by atoms with van der Waals surface area (Å²) in [5.74, 6) is -0.735. The zero-order valence-corrected chi connectivity index (χ0v) is 18.4. The Kier molecular flexibility index (Phi) is 6.81. The van der Waals surface area contributed by atoms with Gasteiger partial charge in [-0.15, -0.1) is 5.10 Å². The molecule has 31 heavy (non-hydrogen) atoms. The van der Waals surface area contributed by atoms with E-state index in [0.717, 1.165) is 11.3 Å². The van der Waals surface area contributed by atoms with Crippen LogP contribution in [0.2, 0.25) is 0 Å². The molecule has 2 aromatic heterocycles. The molecule has 0 bridgehead atoms. The van der Waals surface area contributed by atoms with E-state index in [9.17, 15) is 14.3 Å². The summed E-state index contributed by atoms with van der Waals surface area (Å²) in [5, 5.41) is 20.2. The highest BCUT2D eigenvalue weighted by atomic mass is 32.1. The molecule has 0 saturated heterocycles. The van der Waals surface area contributed by atoms with E-state index in [4.69, 9.17) is 9.47 Å². The molecule has 0 saturated carbocycles. The number of amides is 1.